The second-order valence-corrected chi connectivity index (χ2v) is 10.5. The first-order chi connectivity index (χ1) is 18.0. The summed E-state index contributed by atoms with van der Waals surface area (Å²) in [6.07, 6.45) is 2.61. The van der Waals surface area contributed by atoms with Crippen molar-refractivity contribution >= 4 is 21.6 Å². The molecule has 3 aromatic rings. The first-order valence-corrected chi connectivity index (χ1v) is 13.7. The van der Waals surface area contributed by atoms with Crippen LogP contribution in [0.3, 0.4) is 0 Å². The van der Waals surface area contributed by atoms with Crippen LogP contribution < -0.4 is 18.9 Å². The zero-order valence-electron chi connectivity index (χ0n) is 21.7. The Kier molecular flexibility index (Phi) is 7.60. The maximum Gasteiger partial charge on any atom is 0.214 e. The van der Waals surface area contributed by atoms with E-state index in [1.54, 1.807) is 7.11 Å². The van der Waals surface area contributed by atoms with Crippen molar-refractivity contribution in [2.24, 2.45) is 5.10 Å². The molecule has 0 spiro atoms. The molecule has 0 radical (unpaired) electrons. The molecule has 194 valence electrons. The highest BCUT2D eigenvalue weighted by atomic mass is 79.9. The third-order valence-corrected chi connectivity index (χ3v) is 7.03. The minimum Gasteiger partial charge on any atom is -0.493 e. The van der Waals surface area contributed by atoms with Crippen LogP contribution in [0.5, 0.6) is 23.0 Å². The number of hydrogen-bond acceptors (Lipinski definition) is 6. The van der Waals surface area contributed by atoms with Gasteiger partial charge in [-0.2, -0.15) is 5.10 Å². The van der Waals surface area contributed by atoms with Crippen LogP contribution in [0.1, 0.15) is 69.0 Å². The molecule has 0 saturated carbocycles. The van der Waals surface area contributed by atoms with Gasteiger partial charge in [0, 0.05) is 22.0 Å². The Morgan fingerprint density at radius 3 is 2.59 bits per heavy atom. The maximum atomic E-state index is 6.55. The van der Waals surface area contributed by atoms with Crippen LogP contribution in [0.15, 0.2) is 70.2 Å². The number of hydrazone groups is 1. The number of unbranched alkanes of at least 4 members (excludes halogenated alkanes) is 1. The Morgan fingerprint density at radius 2 is 1.86 bits per heavy atom. The molecule has 2 atom stereocenters. The number of hydrogen-bond donors (Lipinski definition) is 0. The van der Waals surface area contributed by atoms with E-state index >= 15 is 0 Å². The van der Waals surface area contributed by atoms with Crippen LogP contribution in [0, 0.1) is 0 Å². The monoisotopic (exact) mass is 564 g/mol. The Labute approximate surface area is 227 Å². The lowest BCUT2D eigenvalue weighted by Gasteiger charge is -2.38. The largest absolute Gasteiger partial charge is 0.493 e. The third kappa shape index (κ3) is 5.42. The molecule has 0 amide bonds. The first-order valence-electron chi connectivity index (χ1n) is 12.9. The van der Waals surface area contributed by atoms with Crippen molar-refractivity contribution in [3.8, 4) is 23.0 Å². The summed E-state index contributed by atoms with van der Waals surface area (Å²) < 4.78 is 25.0. The summed E-state index contributed by atoms with van der Waals surface area (Å²) in [6, 6.07) is 20.4. The molecule has 5 rings (SSSR count). The van der Waals surface area contributed by atoms with Crippen LogP contribution in [0.2, 0.25) is 0 Å². The van der Waals surface area contributed by atoms with Gasteiger partial charge in [-0.25, -0.2) is 5.01 Å². The van der Waals surface area contributed by atoms with E-state index in [0.717, 1.165) is 63.4 Å². The second-order valence-electron chi connectivity index (χ2n) is 9.60. The minimum atomic E-state index is -0.390. The number of methoxy groups -OCH3 is 1. The Balaban J connectivity index is 1.48. The van der Waals surface area contributed by atoms with Crippen LogP contribution in [0.4, 0.5) is 0 Å². The average molecular weight is 566 g/mol. The number of rotatable bonds is 9. The number of fused-ring (bicyclic) bond motifs is 3. The molecule has 2 heterocycles. The van der Waals surface area contributed by atoms with Crippen molar-refractivity contribution in [1.29, 1.82) is 0 Å². The zero-order chi connectivity index (χ0) is 25.9. The van der Waals surface area contributed by atoms with Crippen molar-refractivity contribution < 1.29 is 18.9 Å². The van der Waals surface area contributed by atoms with E-state index in [2.05, 4.69) is 46.1 Å². The fourth-order valence-electron chi connectivity index (χ4n) is 4.73. The lowest BCUT2D eigenvalue weighted by Crippen LogP contribution is -2.33. The molecule has 0 unspecified atom stereocenters. The van der Waals surface area contributed by atoms with Gasteiger partial charge in [0.25, 0.3) is 0 Å². The van der Waals surface area contributed by atoms with Gasteiger partial charge in [-0.1, -0.05) is 29.3 Å². The van der Waals surface area contributed by atoms with Gasteiger partial charge in [0.2, 0.25) is 6.23 Å². The maximum absolute atomic E-state index is 6.55. The fraction of sp³-hybridized carbons (Fsp3) is 0.367. The summed E-state index contributed by atoms with van der Waals surface area (Å²) in [4.78, 5) is 0. The van der Waals surface area contributed by atoms with Gasteiger partial charge in [0.05, 0.1) is 31.6 Å². The van der Waals surface area contributed by atoms with E-state index in [4.69, 9.17) is 24.0 Å². The number of benzene rings is 3. The average Bonchev–Trinajstić information content (AvgIpc) is 3.34. The molecule has 0 saturated heterocycles. The van der Waals surface area contributed by atoms with Gasteiger partial charge in [0.1, 0.15) is 11.5 Å². The standard InChI is InChI=1S/C30H33BrN2O4/c1-5-6-15-35-28-13-9-21(16-29(28)34-4)30-33-26(24-17-22(31)10-14-27(24)37-30)18-25(32-33)20-7-11-23(12-8-20)36-19(2)3/h7-14,16-17,19,26,30H,5-6,15,18H2,1-4H3/t26-,30+/m0/s1. The van der Waals surface area contributed by atoms with Crippen molar-refractivity contribution in [2.45, 2.75) is 58.4 Å². The van der Waals surface area contributed by atoms with Crippen LogP contribution in [0.25, 0.3) is 0 Å². The summed E-state index contributed by atoms with van der Waals surface area (Å²) in [7, 11) is 1.67. The molecule has 0 fully saturated rings. The van der Waals surface area contributed by atoms with Crippen molar-refractivity contribution in [3.63, 3.8) is 0 Å². The van der Waals surface area contributed by atoms with E-state index in [1.165, 1.54) is 0 Å². The number of halogens is 1. The number of ether oxygens (including phenoxy) is 4. The Morgan fingerprint density at radius 1 is 1.05 bits per heavy atom. The fourth-order valence-corrected chi connectivity index (χ4v) is 5.11. The summed E-state index contributed by atoms with van der Waals surface area (Å²) in [5.74, 6) is 3.16. The Bertz CT molecular complexity index is 1280. The summed E-state index contributed by atoms with van der Waals surface area (Å²) >= 11 is 3.63. The molecule has 2 aliphatic heterocycles. The highest BCUT2D eigenvalue weighted by Gasteiger charge is 2.41. The highest BCUT2D eigenvalue weighted by molar-refractivity contribution is 9.10. The molecular weight excluding hydrogens is 532 g/mol. The zero-order valence-corrected chi connectivity index (χ0v) is 23.3. The van der Waals surface area contributed by atoms with Gasteiger partial charge >= 0.3 is 0 Å². The van der Waals surface area contributed by atoms with E-state index in [1.807, 2.05) is 56.3 Å². The van der Waals surface area contributed by atoms with Crippen LogP contribution >= 0.6 is 15.9 Å². The molecule has 3 aromatic carbocycles. The van der Waals surface area contributed by atoms with Crippen molar-refractivity contribution in [1.82, 2.24) is 5.01 Å². The molecule has 6 nitrogen and oxygen atoms in total. The topological polar surface area (TPSA) is 52.5 Å². The van der Waals surface area contributed by atoms with Crippen molar-refractivity contribution in [2.75, 3.05) is 13.7 Å². The third-order valence-electron chi connectivity index (χ3n) is 6.54. The molecule has 0 bridgehead atoms. The van der Waals surface area contributed by atoms with Crippen LogP contribution in [-0.4, -0.2) is 30.5 Å². The quantitative estimate of drug-likeness (QED) is 0.249. The van der Waals surface area contributed by atoms with E-state index in [0.29, 0.717) is 12.4 Å². The van der Waals surface area contributed by atoms with E-state index < -0.39 is 6.23 Å². The first kappa shape index (κ1) is 25.5. The molecule has 2 aliphatic rings. The van der Waals surface area contributed by atoms with E-state index in [9.17, 15) is 0 Å². The van der Waals surface area contributed by atoms with Gasteiger partial charge in [-0.3, -0.25) is 0 Å². The molecular formula is C30H33BrN2O4. The van der Waals surface area contributed by atoms with Gasteiger partial charge < -0.3 is 18.9 Å². The smallest absolute Gasteiger partial charge is 0.214 e. The molecule has 37 heavy (non-hydrogen) atoms. The summed E-state index contributed by atoms with van der Waals surface area (Å²) in [6.45, 7) is 6.87. The molecule has 0 N–H and O–H groups in total. The normalized spacial score (nSPS) is 18.1. The van der Waals surface area contributed by atoms with Crippen LogP contribution in [-0.2, 0) is 0 Å². The molecule has 0 aliphatic carbocycles. The minimum absolute atomic E-state index is 0.0549. The van der Waals surface area contributed by atoms with Crippen molar-refractivity contribution in [3.05, 3.63) is 81.8 Å². The predicted octanol–water partition coefficient (Wildman–Crippen LogP) is 7.67. The second kappa shape index (κ2) is 11.1. The number of nitrogens with zero attached hydrogens (tertiary/aromatic N) is 2. The molecule has 0 aromatic heterocycles. The predicted molar refractivity (Wildman–Crippen MR) is 149 cm³/mol. The lowest BCUT2D eigenvalue weighted by atomic mass is 9.96. The van der Waals surface area contributed by atoms with Gasteiger partial charge in [0.15, 0.2) is 11.5 Å². The lowest BCUT2D eigenvalue weighted by molar-refractivity contribution is -0.0192. The summed E-state index contributed by atoms with van der Waals surface area (Å²) in [5.41, 5.74) is 4.19. The molecule has 7 heteroatoms. The Hall–Kier alpha value is -3.19. The highest BCUT2D eigenvalue weighted by Crippen LogP contribution is 2.49. The SMILES string of the molecule is CCCCOc1ccc([C@H]2Oc3ccc(Br)cc3[C@@H]3CC(c4ccc(OC(C)C)cc4)=NN23)cc1OC. The van der Waals surface area contributed by atoms with Gasteiger partial charge in [-0.05, 0) is 86.5 Å². The summed E-state index contributed by atoms with van der Waals surface area (Å²) in [5, 5.41) is 7.17. The van der Waals surface area contributed by atoms with Gasteiger partial charge in [-0.15, -0.1) is 0 Å². The van der Waals surface area contributed by atoms with E-state index in [-0.39, 0.29) is 12.1 Å².